The molecule has 1 amide bonds. The third-order valence-corrected chi connectivity index (χ3v) is 3.37. The van der Waals surface area contributed by atoms with Gasteiger partial charge in [0, 0.05) is 25.8 Å². The van der Waals surface area contributed by atoms with Gasteiger partial charge in [0.1, 0.15) is 5.82 Å². The Balaban J connectivity index is 1.51. The molecule has 1 aliphatic rings. The largest absolute Gasteiger partial charge is 0.481 e. The maximum Gasteiger partial charge on any atom is 0.257 e. The summed E-state index contributed by atoms with van der Waals surface area (Å²) in [4.78, 5) is 11.5. The van der Waals surface area contributed by atoms with Crippen LogP contribution in [0, 0.1) is 11.6 Å². The lowest BCUT2D eigenvalue weighted by Crippen LogP contribution is -2.30. The maximum absolute atomic E-state index is 13.3. The molecule has 0 aromatic heterocycles. The number of carbonyl (C=O) groups excluding carboxylic acids is 1. The second-order valence-electron chi connectivity index (χ2n) is 5.28. The number of halogens is 2. The lowest BCUT2D eigenvalue weighted by Gasteiger charge is -2.10. The molecule has 1 aliphatic heterocycles. The molecule has 0 bridgehead atoms. The van der Waals surface area contributed by atoms with Crippen LogP contribution in [0.3, 0.4) is 0 Å². The number of rotatable bonds is 9. The molecule has 1 N–H and O–H groups in total. The van der Waals surface area contributed by atoms with Crippen molar-refractivity contribution in [3.63, 3.8) is 0 Å². The monoisotopic (exact) mass is 329 g/mol. The highest BCUT2D eigenvalue weighted by molar-refractivity contribution is 5.77. The summed E-state index contributed by atoms with van der Waals surface area (Å²) in [6.07, 6.45) is 2.99. The molecule has 0 aliphatic carbocycles. The molecule has 1 saturated heterocycles. The minimum absolute atomic E-state index is 0.151. The summed E-state index contributed by atoms with van der Waals surface area (Å²) in [5, 5.41) is 2.64. The standard InChI is InChI=1S/C16H21F2NO4/c17-12-4-5-15(14(18)9-12)23-11-16(20)19-6-2-7-21-10-13-3-1-8-22-13/h4-5,9,13H,1-3,6-8,10-11H2,(H,19,20). The van der Waals surface area contributed by atoms with Crippen molar-refractivity contribution in [1.82, 2.24) is 5.32 Å². The summed E-state index contributed by atoms with van der Waals surface area (Å²) < 4.78 is 41.9. The molecule has 1 heterocycles. The molecule has 0 radical (unpaired) electrons. The van der Waals surface area contributed by atoms with Crippen LogP contribution in [0.25, 0.3) is 0 Å². The van der Waals surface area contributed by atoms with Crippen molar-refractivity contribution in [2.75, 3.05) is 33.0 Å². The zero-order valence-corrected chi connectivity index (χ0v) is 12.9. The van der Waals surface area contributed by atoms with Crippen molar-refractivity contribution < 1.29 is 27.8 Å². The van der Waals surface area contributed by atoms with Crippen LogP contribution in [-0.4, -0.2) is 45.0 Å². The van der Waals surface area contributed by atoms with E-state index in [-0.39, 0.29) is 24.4 Å². The first-order valence-electron chi connectivity index (χ1n) is 7.69. The van der Waals surface area contributed by atoms with Gasteiger partial charge < -0.3 is 19.5 Å². The summed E-state index contributed by atoms with van der Waals surface area (Å²) in [5.41, 5.74) is 0. The summed E-state index contributed by atoms with van der Waals surface area (Å²) in [5.74, 6) is -2.04. The van der Waals surface area contributed by atoms with Crippen LogP contribution in [0.1, 0.15) is 19.3 Å². The number of nitrogens with one attached hydrogen (secondary N) is 1. The zero-order chi connectivity index (χ0) is 16.5. The molecule has 0 saturated carbocycles. The van der Waals surface area contributed by atoms with E-state index in [1.807, 2.05) is 0 Å². The number of carbonyl (C=O) groups is 1. The molecular formula is C16H21F2NO4. The average molecular weight is 329 g/mol. The molecule has 2 rings (SSSR count). The van der Waals surface area contributed by atoms with Crippen molar-refractivity contribution >= 4 is 5.91 Å². The second kappa shape index (κ2) is 9.42. The lowest BCUT2D eigenvalue weighted by molar-refractivity contribution is -0.123. The first kappa shape index (κ1) is 17.6. The highest BCUT2D eigenvalue weighted by Gasteiger charge is 2.15. The average Bonchev–Trinajstić information content (AvgIpc) is 3.03. The molecule has 1 atom stereocenters. The van der Waals surface area contributed by atoms with Gasteiger partial charge >= 0.3 is 0 Å². The molecule has 23 heavy (non-hydrogen) atoms. The topological polar surface area (TPSA) is 56.8 Å². The van der Waals surface area contributed by atoms with Gasteiger partial charge in [-0.3, -0.25) is 4.79 Å². The first-order chi connectivity index (χ1) is 11.1. The SMILES string of the molecule is O=C(COc1ccc(F)cc1F)NCCCOCC1CCCO1. The van der Waals surface area contributed by atoms with Crippen molar-refractivity contribution in [1.29, 1.82) is 0 Å². The van der Waals surface area contributed by atoms with Crippen molar-refractivity contribution in [2.24, 2.45) is 0 Å². The molecule has 1 aromatic carbocycles. The van der Waals surface area contributed by atoms with Gasteiger partial charge in [0.2, 0.25) is 0 Å². The van der Waals surface area contributed by atoms with Gasteiger partial charge in [0.25, 0.3) is 5.91 Å². The summed E-state index contributed by atoms with van der Waals surface area (Å²) in [7, 11) is 0. The molecule has 0 spiro atoms. The Morgan fingerprint density at radius 3 is 3.00 bits per heavy atom. The molecule has 128 valence electrons. The molecule has 1 aromatic rings. The lowest BCUT2D eigenvalue weighted by atomic mass is 10.2. The fourth-order valence-electron chi connectivity index (χ4n) is 2.18. The van der Waals surface area contributed by atoms with E-state index < -0.39 is 11.6 Å². The predicted molar refractivity (Wildman–Crippen MR) is 79.3 cm³/mol. The van der Waals surface area contributed by atoms with Gasteiger partial charge in [0.05, 0.1) is 12.7 Å². The van der Waals surface area contributed by atoms with Crippen LogP contribution in [0.4, 0.5) is 8.78 Å². The van der Waals surface area contributed by atoms with E-state index >= 15 is 0 Å². The van der Waals surface area contributed by atoms with Gasteiger partial charge in [-0.1, -0.05) is 0 Å². The highest BCUT2D eigenvalue weighted by Crippen LogP contribution is 2.17. The number of amides is 1. The molecule has 5 nitrogen and oxygen atoms in total. The predicted octanol–water partition coefficient (Wildman–Crippen LogP) is 2.05. The Labute approximate surface area is 133 Å². The van der Waals surface area contributed by atoms with Crippen molar-refractivity contribution in [2.45, 2.75) is 25.4 Å². The Bertz CT molecular complexity index is 507. The van der Waals surface area contributed by atoms with E-state index in [0.717, 1.165) is 31.6 Å². The van der Waals surface area contributed by atoms with E-state index in [1.165, 1.54) is 0 Å². The van der Waals surface area contributed by atoms with Crippen LogP contribution in [0.15, 0.2) is 18.2 Å². The van der Waals surface area contributed by atoms with E-state index in [9.17, 15) is 13.6 Å². The fourth-order valence-corrected chi connectivity index (χ4v) is 2.18. The Hall–Kier alpha value is -1.73. The first-order valence-corrected chi connectivity index (χ1v) is 7.69. The third-order valence-electron chi connectivity index (χ3n) is 3.37. The fraction of sp³-hybridized carbons (Fsp3) is 0.562. The van der Waals surface area contributed by atoms with Crippen molar-refractivity contribution in [3.05, 3.63) is 29.8 Å². The Kier molecular flexibility index (Phi) is 7.22. The van der Waals surface area contributed by atoms with Crippen LogP contribution in [0.2, 0.25) is 0 Å². The van der Waals surface area contributed by atoms with E-state index in [0.29, 0.717) is 32.2 Å². The van der Waals surface area contributed by atoms with E-state index in [1.54, 1.807) is 0 Å². The third kappa shape index (κ3) is 6.50. The number of hydrogen-bond acceptors (Lipinski definition) is 4. The minimum Gasteiger partial charge on any atom is -0.481 e. The van der Waals surface area contributed by atoms with Gasteiger partial charge in [-0.25, -0.2) is 8.78 Å². The Morgan fingerprint density at radius 1 is 1.39 bits per heavy atom. The van der Waals surface area contributed by atoms with Gasteiger partial charge in [0.15, 0.2) is 18.2 Å². The number of ether oxygens (including phenoxy) is 3. The van der Waals surface area contributed by atoms with Crippen molar-refractivity contribution in [3.8, 4) is 5.75 Å². The number of benzene rings is 1. The van der Waals surface area contributed by atoms with Gasteiger partial charge in [-0.15, -0.1) is 0 Å². The molecule has 1 unspecified atom stereocenters. The second-order valence-corrected chi connectivity index (χ2v) is 5.28. The summed E-state index contributed by atoms with van der Waals surface area (Å²) in [6, 6.07) is 2.93. The van der Waals surface area contributed by atoms with E-state index in [2.05, 4.69) is 5.32 Å². The molecule has 7 heteroatoms. The normalized spacial score (nSPS) is 17.2. The Morgan fingerprint density at radius 2 is 2.26 bits per heavy atom. The van der Waals surface area contributed by atoms with Crippen LogP contribution < -0.4 is 10.1 Å². The smallest absolute Gasteiger partial charge is 0.257 e. The summed E-state index contributed by atoms with van der Waals surface area (Å²) >= 11 is 0. The highest BCUT2D eigenvalue weighted by atomic mass is 19.1. The zero-order valence-electron chi connectivity index (χ0n) is 12.9. The van der Waals surface area contributed by atoms with Crippen LogP contribution >= 0.6 is 0 Å². The van der Waals surface area contributed by atoms with Crippen LogP contribution in [0.5, 0.6) is 5.75 Å². The quantitative estimate of drug-likeness (QED) is 0.705. The maximum atomic E-state index is 13.3. The van der Waals surface area contributed by atoms with Crippen LogP contribution in [-0.2, 0) is 14.3 Å². The summed E-state index contributed by atoms with van der Waals surface area (Å²) in [6.45, 7) is 2.05. The number of hydrogen-bond donors (Lipinski definition) is 1. The molecular weight excluding hydrogens is 308 g/mol. The van der Waals surface area contributed by atoms with Gasteiger partial charge in [-0.05, 0) is 31.4 Å². The van der Waals surface area contributed by atoms with Gasteiger partial charge in [-0.2, -0.15) is 0 Å². The van der Waals surface area contributed by atoms with E-state index in [4.69, 9.17) is 14.2 Å². The minimum atomic E-state index is -0.833. The molecule has 1 fully saturated rings.